The number of nitrogen functional groups attached to an aromatic ring is 1. The Kier molecular flexibility index (Phi) is 3.32. The summed E-state index contributed by atoms with van der Waals surface area (Å²) in [6.07, 6.45) is 3.42. The molecule has 3 N–H and O–H groups in total. The topological polar surface area (TPSA) is 94.5 Å². The van der Waals surface area contributed by atoms with Gasteiger partial charge < -0.3 is 0 Å². The van der Waals surface area contributed by atoms with Crippen LogP contribution in [0.3, 0.4) is 0 Å². The highest BCUT2D eigenvalue weighted by molar-refractivity contribution is 7.99. The average Bonchev–Trinajstić information content (AvgIpc) is 2.82. The van der Waals surface area contributed by atoms with Crippen LogP contribution < -0.4 is 11.3 Å². The molecule has 0 fully saturated rings. The zero-order valence-corrected chi connectivity index (χ0v) is 9.48. The Hall–Kier alpha value is -1.67. The van der Waals surface area contributed by atoms with E-state index < -0.39 is 0 Å². The Balaban J connectivity index is 2.41. The van der Waals surface area contributed by atoms with Crippen LogP contribution >= 0.6 is 11.8 Å². The number of hydrogen-bond donors (Lipinski definition) is 2. The summed E-state index contributed by atoms with van der Waals surface area (Å²) in [6.45, 7) is 2.03. The van der Waals surface area contributed by atoms with Crippen LogP contribution in [0, 0.1) is 0 Å². The number of rotatable bonds is 4. The highest BCUT2D eigenvalue weighted by Gasteiger charge is 2.07. The monoisotopic (exact) mass is 237 g/mol. The molecule has 7 nitrogen and oxygen atoms in total. The third kappa shape index (κ3) is 2.28. The molecule has 0 bridgehead atoms. The molecule has 0 radical (unpaired) electrons. The molecule has 0 aliphatic rings. The molecule has 0 spiro atoms. The van der Waals surface area contributed by atoms with Crippen molar-refractivity contribution < 1.29 is 0 Å². The predicted octanol–water partition coefficient (Wildman–Crippen LogP) is 0.455. The molecule has 0 unspecified atom stereocenters. The number of anilines is 1. The average molecular weight is 237 g/mol. The first-order valence-electron chi connectivity index (χ1n) is 4.69. The first-order valence-corrected chi connectivity index (χ1v) is 5.67. The van der Waals surface area contributed by atoms with Crippen molar-refractivity contribution in [2.75, 3.05) is 11.2 Å². The van der Waals surface area contributed by atoms with Gasteiger partial charge in [-0.05, 0) is 11.8 Å². The van der Waals surface area contributed by atoms with Gasteiger partial charge in [0.1, 0.15) is 0 Å². The predicted molar refractivity (Wildman–Crippen MR) is 61.2 cm³/mol. The minimum atomic E-state index is 0.330. The number of hydrogen-bond acceptors (Lipinski definition) is 7. The van der Waals surface area contributed by atoms with Gasteiger partial charge in [-0.15, -0.1) is 0 Å². The van der Waals surface area contributed by atoms with E-state index in [0.29, 0.717) is 17.1 Å². The Bertz CT molecular complexity index is 455. The summed E-state index contributed by atoms with van der Waals surface area (Å²) in [5, 5.41) is 4.67. The Morgan fingerprint density at radius 2 is 2.31 bits per heavy atom. The molecule has 0 aliphatic heterocycles. The molecule has 8 heteroatoms. The Labute approximate surface area is 96.5 Å². The fraction of sp³-hybridized carbons (Fsp3) is 0.250. The molecule has 16 heavy (non-hydrogen) atoms. The smallest absolute Gasteiger partial charge is 0.256 e. The Morgan fingerprint density at radius 1 is 1.44 bits per heavy atom. The Morgan fingerprint density at radius 3 is 2.94 bits per heavy atom. The van der Waals surface area contributed by atoms with Gasteiger partial charge in [-0.1, -0.05) is 18.7 Å². The summed E-state index contributed by atoms with van der Waals surface area (Å²) >= 11 is 1.52. The molecule has 0 saturated heterocycles. The number of hydrazine groups is 1. The first kappa shape index (κ1) is 10.8. The van der Waals surface area contributed by atoms with Gasteiger partial charge >= 0.3 is 0 Å². The summed E-state index contributed by atoms with van der Waals surface area (Å²) in [7, 11) is 0. The van der Waals surface area contributed by atoms with Crippen molar-refractivity contribution in [1.29, 1.82) is 0 Å². The lowest BCUT2D eigenvalue weighted by Crippen LogP contribution is -2.14. The van der Waals surface area contributed by atoms with Crippen LogP contribution in [0.25, 0.3) is 5.95 Å². The first-order chi connectivity index (χ1) is 7.83. The van der Waals surface area contributed by atoms with E-state index in [2.05, 4.69) is 25.5 Å². The number of nitrogens with zero attached hydrogens (tertiary/aromatic N) is 5. The van der Waals surface area contributed by atoms with Crippen molar-refractivity contribution in [2.45, 2.75) is 12.1 Å². The van der Waals surface area contributed by atoms with Crippen LogP contribution in [0.4, 0.5) is 5.95 Å². The van der Waals surface area contributed by atoms with E-state index in [1.807, 2.05) is 6.92 Å². The summed E-state index contributed by atoms with van der Waals surface area (Å²) < 4.78 is 1.56. The molecule has 0 aromatic carbocycles. The van der Waals surface area contributed by atoms with Crippen molar-refractivity contribution in [2.24, 2.45) is 5.84 Å². The molecule has 0 aliphatic carbocycles. The lowest BCUT2D eigenvalue weighted by Gasteiger charge is -2.04. The van der Waals surface area contributed by atoms with Crippen LogP contribution in [0.2, 0.25) is 0 Å². The van der Waals surface area contributed by atoms with Gasteiger partial charge in [-0.3, -0.25) is 5.43 Å². The minimum Gasteiger partial charge on any atom is -0.292 e. The zero-order valence-electron chi connectivity index (χ0n) is 8.66. The summed E-state index contributed by atoms with van der Waals surface area (Å²) in [5.41, 5.74) is 2.41. The van der Waals surface area contributed by atoms with Crippen molar-refractivity contribution in [3.05, 3.63) is 18.5 Å². The van der Waals surface area contributed by atoms with Gasteiger partial charge in [0.15, 0.2) is 5.16 Å². The fourth-order valence-corrected chi connectivity index (χ4v) is 1.65. The second-order valence-electron chi connectivity index (χ2n) is 2.77. The van der Waals surface area contributed by atoms with E-state index in [0.717, 1.165) is 5.75 Å². The van der Waals surface area contributed by atoms with Crippen LogP contribution in [-0.4, -0.2) is 30.5 Å². The van der Waals surface area contributed by atoms with E-state index in [1.165, 1.54) is 11.8 Å². The molecule has 2 aromatic rings. The molecular weight excluding hydrogens is 226 g/mol. The quantitative estimate of drug-likeness (QED) is 0.453. The van der Waals surface area contributed by atoms with Gasteiger partial charge in [0, 0.05) is 12.4 Å². The highest BCUT2D eigenvalue weighted by Crippen LogP contribution is 2.14. The van der Waals surface area contributed by atoms with E-state index in [9.17, 15) is 0 Å². The van der Waals surface area contributed by atoms with E-state index in [1.54, 1.807) is 23.1 Å². The fourth-order valence-electron chi connectivity index (χ4n) is 1.09. The molecule has 2 aromatic heterocycles. The van der Waals surface area contributed by atoms with Crippen molar-refractivity contribution in [3.63, 3.8) is 0 Å². The summed E-state index contributed by atoms with van der Waals surface area (Å²) in [4.78, 5) is 12.5. The lowest BCUT2D eigenvalue weighted by molar-refractivity contribution is 0.761. The third-order valence-corrected chi connectivity index (χ3v) is 2.44. The maximum Gasteiger partial charge on any atom is 0.256 e. The lowest BCUT2D eigenvalue weighted by atomic mass is 10.7. The van der Waals surface area contributed by atoms with Gasteiger partial charge in [-0.2, -0.15) is 20.1 Å². The molecule has 0 atom stereocenters. The normalized spacial score (nSPS) is 10.4. The van der Waals surface area contributed by atoms with E-state index >= 15 is 0 Å². The molecule has 84 valence electrons. The number of thioether (sulfide) groups is 1. The summed E-state index contributed by atoms with van der Waals surface area (Å²) in [5.74, 6) is 6.96. The van der Waals surface area contributed by atoms with Gasteiger partial charge in [0.05, 0.1) is 0 Å². The van der Waals surface area contributed by atoms with Gasteiger partial charge in [0.25, 0.3) is 5.95 Å². The minimum absolute atomic E-state index is 0.330. The SMILES string of the molecule is CCSc1nc(NN)nc(-n2cccn2)n1. The second-order valence-corrected chi connectivity index (χ2v) is 4.00. The van der Waals surface area contributed by atoms with E-state index in [-0.39, 0.29) is 0 Å². The van der Waals surface area contributed by atoms with E-state index in [4.69, 9.17) is 5.84 Å². The second kappa shape index (κ2) is 4.90. The van der Waals surface area contributed by atoms with Gasteiger partial charge in [-0.25, -0.2) is 10.5 Å². The number of nitrogens with two attached hydrogens (primary N) is 1. The molecule has 0 amide bonds. The third-order valence-electron chi connectivity index (χ3n) is 1.71. The number of aromatic nitrogens is 5. The van der Waals surface area contributed by atoms with Crippen molar-refractivity contribution >= 4 is 17.7 Å². The largest absolute Gasteiger partial charge is 0.292 e. The van der Waals surface area contributed by atoms with Crippen LogP contribution in [-0.2, 0) is 0 Å². The van der Waals surface area contributed by atoms with Crippen LogP contribution in [0.1, 0.15) is 6.92 Å². The molecule has 2 rings (SSSR count). The molecule has 2 heterocycles. The molecular formula is C8H11N7S. The zero-order chi connectivity index (χ0) is 11.4. The maximum absolute atomic E-state index is 5.30. The molecule has 0 saturated carbocycles. The standard InChI is InChI=1S/C8H11N7S/c1-2-16-8-12-6(14-9)11-7(13-8)15-5-3-4-10-15/h3-5H,2,9H2,1H3,(H,11,12,13,14). The maximum atomic E-state index is 5.30. The number of nitrogens with one attached hydrogen (secondary N) is 1. The van der Waals surface area contributed by atoms with Crippen molar-refractivity contribution in [3.8, 4) is 5.95 Å². The van der Waals surface area contributed by atoms with Crippen LogP contribution in [0.15, 0.2) is 23.6 Å². The highest BCUT2D eigenvalue weighted by atomic mass is 32.2. The van der Waals surface area contributed by atoms with Crippen LogP contribution in [0.5, 0.6) is 0 Å². The van der Waals surface area contributed by atoms with Gasteiger partial charge in [0.2, 0.25) is 5.95 Å². The summed E-state index contributed by atoms with van der Waals surface area (Å²) in [6, 6.07) is 1.80. The van der Waals surface area contributed by atoms with Crippen molar-refractivity contribution in [1.82, 2.24) is 24.7 Å².